The summed E-state index contributed by atoms with van der Waals surface area (Å²) in [5.74, 6) is -5.02. The average Bonchev–Trinajstić information content (AvgIpc) is 2.87. The molecule has 13 heteroatoms. The number of carboxylic acid groups (broad SMARTS) is 2. The van der Waals surface area contributed by atoms with E-state index in [2.05, 4.69) is 16.0 Å². The summed E-state index contributed by atoms with van der Waals surface area (Å²) in [6.45, 7) is 1.38. The number of hydrogen-bond acceptors (Lipinski definition) is 8. The van der Waals surface area contributed by atoms with E-state index < -0.39 is 60.2 Å². The van der Waals surface area contributed by atoms with Gasteiger partial charge in [-0.2, -0.15) is 0 Å². The molecule has 3 amide bonds. The molecule has 0 bridgehead atoms. The van der Waals surface area contributed by atoms with Crippen LogP contribution >= 0.6 is 0 Å². The lowest BCUT2D eigenvalue weighted by Crippen LogP contribution is -2.57. The number of benzene rings is 2. The minimum absolute atomic E-state index is 0.0140. The van der Waals surface area contributed by atoms with E-state index in [4.69, 9.17) is 10.8 Å². The zero-order valence-electron chi connectivity index (χ0n) is 21.2. The fraction of sp³-hybridized carbons (Fsp3) is 0.346. The van der Waals surface area contributed by atoms with Gasteiger partial charge in [0.1, 0.15) is 29.6 Å². The second kappa shape index (κ2) is 14.3. The topological polar surface area (TPSA) is 228 Å². The SMILES string of the molecule is C[C@H](N)C(=O)N[C@@H](CCC(=O)O)C(=O)N[C@@H](Cc1ccc(O)cc1)C(=O)N[C@@H](Cc1ccc(O)cc1)C(=O)O. The highest BCUT2D eigenvalue weighted by molar-refractivity contribution is 5.94. The molecule has 2 aromatic rings. The van der Waals surface area contributed by atoms with Gasteiger partial charge in [-0.15, -0.1) is 0 Å². The van der Waals surface area contributed by atoms with Crippen LogP contribution in [-0.4, -0.2) is 74.3 Å². The summed E-state index contributed by atoms with van der Waals surface area (Å²) in [5.41, 5.74) is 6.58. The minimum Gasteiger partial charge on any atom is -0.508 e. The molecule has 0 spiro atoms. The zero-order chi connectivity index (χ0) is 29.1. The highest BCUT2D eigenvalue weighted by atomic mass is 16.4. The number of aromatic hydroxyl groups is 2. The minimum atomic E-state index is -1.39. The molecule has 4 atom stereocenters. The Labute approximate surface area is 224 Å². The van der Waals surface area contributed by atoms with E-state index in [1.165, 1.54) is 55.5 Å². The van der Waals surface area contributed by atoms with Gasteiger partial charge in [0, 0.05) is 19.3 Å². The van der Waals surface area contributed by atoms with Crippen molar-refractivity contribution >= 4 is 29.7 Å². The fourth-order valence-corrected chi connectivity index (χ4v) is 3.53. The Morgan fingerprint density at radius 1 is 0.692 bits per heavy atom. The van der Waals surface area contributed by atoms with Gasteiger partial charge in [0.2, 0.25) is 17.7 Å². The van der Waals surface area contributed by atoms with Gasteiger partial charge in [-0.05, 0) is 48.7 Å². The van der Waals surface area contributed by atoms with Crippen molar-refractivity contribution in [3.63, 3.8) is 0 Å². The van der Waals surface area contributed by atoms with Crippen molar-refractivity contribution in [1.29, 1.82) is 0 Å². The van der Waals surface area contributed by atoms with Crippen LogP contribution < -0.4 is 21.7 Å². The number of nitrogens with one attached hydrogen (secondary N) is 3. The Bertz CT molecular complexity index is 1170. The lowest BCUT2D eigenvalue weighted by molar-refractivity contribution is -0.142. The van der Waals surface area contributed by atoms with Gasteiger partial charge in [-0.3, -0.25) is 19.2 Å². The first-order chi connectivity index (χ1) is 18.3. The summed E-state index contributed by atoms with van der Waals surface area (Å²) in [6, 6.07) is 6.46. The van der Waals surface area contributed by atoms with Crippen LogP contribution in [0.25, 0.3) is 0 Å². The first kappa shape index (κ1) is 30.6. The van der Waals surface area contributed by atoms with Crippen LogP contribution in [0.5, 0.6) is 11.5 Å². The number of aliphatic carboxylic acids is 2. The molecular weight excluding hydrogens is 512 g/mol. The Kier molecular flexibility index (Phi) is 11.2. The van der Waals surface area contributed by atoms with Crippen molar-refractivity contribution in [1.82, 2.24) is 16.0 Å². The molecule has 0 unspecified atom stereocenters. The maximum Gasteiger partial charge on any atom is 0.326 e. The number of carboxylic acids is 2. The molecule has 0 radical (unpaired) electrons. The van der Waals surface area contributed by atoms with E-state index in [1.54, 1.807) is 0 Å². The number of hydrogen-bond donors (Lipinski definition) is 8. The number of amides is 3. The number of rotatable bonds is 14. The summed E-state index contributed by atoms with van der Waals surface area (Å²) in [4.78, 5) is 61.4. The van der Waals surface area contributed by atoms with E-state index in [1.807, 2.05) is 0 Å². The van der Waals surface area contributed by atoms with Gasteiger partial charge in [0.15, 0.2) is 0 Å². The second-order valence-corrected chi connectivity index (χ2v) is 8.98. The monoisotopic (exact) mass is 544 g/mol. The molecule has 9 N–H and O–H groups in total. The van der Waals surface area contributed by atoms with Crippen LogP contribution in [0.1, 0.15) is 30.9 Å². The molecule has 13 nitrogen and oxygen atoms in total. The van der Waals surface area contributed by atoms with Gasteiger partial charge >= 0.3 is 11.9 Å². The van der Waals surface area contributed by atoms with Gasteiger partial charge in [-0.25, -0.2) is 4.79 Å². The van der Waals surface area contributed by atoms with E-state index in [9.17, 15) is 39.3 Å². The smallest absolute Gasteiger partial charge is 0.326 e. The van der Waals surface area contributed by atoms with Crippen molar-refractivity contribution in [2.75, 3.05) is 0 Å². The van der Waals surface area contributed by atoms with Gasteiger partial charge in [-0.1, -0.05) is 24.3 Å². The number of nitrogens with two attached hydrogens (primary N) is 1. The van der Waals surface area contributed by atoms with Crippen LogP contribution in [0.15, 0.2) is 48.5 Å². The summed E-state index contributed by atoms with van der Waals surface area (Å²) in [5, 5.41) is 45.0. The second-order valence-electron chi connectivity index (χ2n) is 8.98. The molecule has 210 valence electrons. The third-order valence-electron chi connectivity index (χ3n) is 5.69. The normalized spacial score (nSPS) is 13.8. The summed E-state index contributed by atoms with van der Waals surface area (Å²) in [7, 11) is 0. The van der Waals surface area contributed by atoms with Crippen LogP contribution in [0.2, 0.25) is 0 Å². The number of phenols is 2. The first-order valence-corrected chi connectivity index (χ1v) is 12.0. The van der Waals surface area contributed by atoms with Gasteiger partial charge in [0.25, 0.3) is 0 Å². The van der Waals surface area contributed by atoms with Crippen molar-refractivity contribution in [3.05, 3.63) is 59.7 Å². The number of carbonyl (C=O) groups excluding carboxylic acids is 3. The molecule has 0 fully saturated rings. The molecule has 2 rings (SSSR count). The molecular formula is C26H32N4O9. The van der Waals surface area contributed by atoms with Crippen molar-refractivity contribution in [2.45, 2.75) is 56.8 Å². The van der Waals surface area contributed by atoms with E-state index >= 15 is 0 Å². The third-order valence-corrected chi connectivity index (χ3v) is 5.69. The van der Waals surface area contributed by atoms with E-state index in [-0.39, 0.29) is 30.8 Å². The standard InChI is InChI=1S/C26H32N4O9/c1-14(27)23(35)28-19(10-11-22(33)34)24(36)29-20(12-15-2-6-17(31)7-3-15)25(37)30-21(26(38)39)13-16-4-8-18(32)9-5-16/h2-9,14,19-21,31-32H,10-13,27H2,1H3,(H,28,35)(H,29,36)(H,30,37)(H,33,34)(H,38,39)/t14-,19-,20-,21-/m0/s1. The molecule has 0 heterocycles. The Hall–Kier alpha value is -4.65. The van der Waals surface area contributed by atoms with Crippen LogP contribution in [0.4, 0.5) is 0 Å². The Balaban J connectivity index is 2.28. The lowest BCUT2D eigenvalue weighted by Gasteiger charge is -2.25. The first-order valence-electron chi connectivity index (χ1n) is 12.0. The summed E-state index contributed by atoms with van der Waals surface area (Å²) < 4.78 is 0. The van der Waals surface area contributed by atoms with Gasteiger partial charge in [0.05, 0.1) is 6.04 Å². The highest BCUT2D eigenvalue weighted by Crippen LogP contribution is 2.14. The predicted octanol–water partition coefficient (Wildman–Crippen LogP) is -0.366. The molecule has 2 aromatic carbocycles. The van der Waals surface area contributed by atoms with Crippen molar-refractivity contribution < 1.29 is 44.4 Å². The quantitative estimate of drug-likeness (QED) is 0.154. The molecule has 0 saturated carbocycles. The number of phenolic OH excluding ortho intramolecular Hbond substituents is 2. The predicted molar refractivity (Wildman–Crippen MR) is 138 cm³/mol. The fourth-order valence-electron chi connectivity index (χ4n) is 3.53. The molecule has 0 aromatic heterocycles. The summed E-state index contributed by atoms with van der Waals surface area (Å²) >= 11 is 0. The average molecular weight is 545 g/mol. The largest absolute Gasteiger partial charge is 0.508 e. The maximum absolute atomic E-state index is 13.2. The molecule has 0 aliphatic rings. The number of carbonyl (C=O) groups is 5. The van der Waals surface area contributed by atoms with Crippen LogP contribution in [-0.2, 0) is 36.8 Å². The van der Waals surface area contributed by atoms with Crippen molar-refractivity contribution in [2.24, 2.45) is 5.73 Å². The lowest BCUT2D eigenvalue weighted by atomic mass is 10.0. The van der Waals surface area contributed by atoms with E-state index in [0.29, 0.717) is 11.1 Å². The highest BCUT2D eigenvalue weighted by Gasteiger charge is 2.30. The van der Waals surface area contributed by atoms with Crippen LogP contribution in [0.3, 0.4) is 0 Å². The molecule has 0 aliphatic heterocycles. The molecule has 39 heavy (non-hydrogen) atoms. The maximum atomic E-state index is 13.2. The summed E-state index contributed by atoms with van der Waals surface area (Å²) in [6.07, 6.45) is -0.977. The van der Waals surface area contributed by atoms with Crippen LogP contribution in [0, 0.1) is 0 Å². The third kappa shape index (κ3) is 10.3. The van der Waals surface area contributed by atoms with E-state index in [0.717, 1.165) is 0 Å². The zero-order valence-corrected chi connectivity index (χ0v) is 21.2. The Morgan fingerprint density at radius 3 is 1.54 bits per heavy atom. The van der Waals surface area contributed by atoms with Gasteiger partial charge < -0.3 is 42.1 Å². The van der Waals surface area contributed by atoms with Crippen molar-refractivity contribution in [3.8, 4) is 11.5 Å². The molecule has 0 aliphatic carbocycles. The molecule has 0 saturated heterocycles. The Morgan fingerprint density at radius 2 is 1.10 bits per heavy atom.